The molecule has 0 saturated carbocycles. The number of thiazole rings is 1. The third kappa shape index (κ3) is 4.72. The molecule has 1 amide bonds. The third-order valence-corrected chi connectivity index (χ3v) is 5.91. The van der Waals surface area contributed by atoms with Gasteiger partial charge in [0.25, 0.3) is 5.91 Å². The average Bonchev–Trinajstić information content (AvgIpc) is 3.26. The number of carbonyl (C=O) groups excluding carboxylic acids is 1. The largest absolute Gasteiger partial charge is 0.379 e. The van der Waals surface area contributed by atoms with E-state index in [4.69, 9.17) is 4.74 Å². The molecule has 0 radical (unpaired) electrons. The fourth-order valence-electron chi connectivity index (χ4n) is 3.45. The van der Waals surface area contributed by atoms with Crippen LogP contribution in [0, 0.1) is 11.6 Å². The number of nitrogens with zero attached hydrogens (tertiary/aromatic N) is 2. The minimum atomic E-state index is -0.373. The van der Waals surface area contributed by atoms with Gasteiger partial charge in [-0.05, 0) is 29.8 Å². The van der Waals surface area contributed by atoms with Crippen molar-refractivity contribution in [2.24, 2.45) is 0 Å². The van der Waals surface area contributed by atoms with Crippen LogP contribution < -0.4 is 5.32 Å². The van der Waals surface area contributed by atoms with Crippen molar-refractivity contribution in [3.8, 4) is 10.6 Å². The maximum atomic E-state index is 14.0. The number of hydrogen-bond acceptors (Lipinski definition) is 5. The van der Waals surface area contributed by atoms with Gasteiger partial charge in [-0.25, -0.2) is 13.8 Å². The number of benzene rings is 2. The van der Waals surface area contributed by atoms with Crippen LogP contribution in [0.3, 0.4) is 0 Å². The van der Waals surface area contributed by atoms with Crippen LogP contribution in [0.4, 0.5) is 8.78 Å². The highest BCUT2D eigenvalue weighted by Gasteiger charge is 2.24. The Kier molecular flexibility index (Phi) is 6.47. The van der Waals surface area contributed by atoms with E-state index in [9.17, 15) is 13.6 Å². The van der Waals surface area contributed by atoms with E-state index in [0.29, 0.717) is 30.3 Å². The van der Waals surface area contributed by atoms with E-state index in [-0.39, 0.29) is 29.3 Å². The number of rotatable bonds is 6. The molecule has 3 aromatic rings. The number of halogens is 2. The second-order valence-corrected chi connectivity index (χ2v) is 7.80. The monoisotopic (exact) mass is 429 g/mol. The Bertz CT molecular complexity index is 1000. The first kappa shape index (κ1) is 20.6. The summed E-state index contributed by atoms with van der Waals surface area (Å²) >= 11 is 1.22. The van der Waals surface area contributed by atoms with Crippen LogP contribution >= 0.6 is 11.3 Å². The molecule has 1 aliphatic rings. The smallest absolute Gasteiger partial charge is 0.270 e. The Morgan fingerprint density at radius 3 is 2.60 bits per heavy atom. The Labute approximate surface area is 177 Å². The van der Waals surface area contributed by atoms with Gasteiger partial charge >= 0.3 is 0 Å². The van der Waals surface area contributed by atoms with E-state index in [1.807, 2.05) is 0 Å². The highest BCUT2D eigenvalue weighted by Crippen LogP contribution is 2.26. The molecule has 1 fully saturated rings. The van der Waals surface area contributed by atoms with Crippen LogP contribution in [-0.4, -0.2) is 48.6 Å². The summed E-state index contributed by atoms with van der Waals surface area (Å²) in [5.74, 6) is -0.997. The molecule has 8 heteroatoms. The first-order valence-electron chi connectivity index (χ1n) is 9.68. The van der Waals surface area contributed by atoms with Gasteiger partial charge < -0.3 is 10.1 Å². The van der Waals surface area contributed by atoms with Crippen molar-refractivity contribution in [3.63, 3.8) is 0 Å². The van der Waals surface area contributed by atoms with E-state index < -0.39 is 0 Å². The third-order valence-electron chi connectivity index (χ3n) is 5.04. The molecule has 156 valence electrons. The Hall–Kier alpha value is -2.68. The van der Waals surface area contributed by atoms with Gasteiger partial charge in [-0.15, -0.1) is 11.3 Å². The standard InChI is InChI=1S/C22H21F2N3O2S/c23-16-7-5-15(6-8-16)20(27-9-11-29-12-10-27)13-25-21(28)19-14-30-22(26-19)17-3-1-2-4-18(17)24/h1-8,14,20H,9-13H2,(H,25,28). The molecular formula is C22H21F2N3O2S. The molecular weight excluding hydrogens is 408 g/mol. The number of aromatic nitrogens is 1. The lowest BCUT2D eigenvalue weighted by molar-refractivity contribution is 0.0162. The first-order valence-corrected chi connectivity index (χ1v) is 10.6. The van der Waals surface area contributed by atoms with Gasteiger partial charge in [0.1, 0.15) is 22.3 Å². The summed E-state index contributed by atoms with van der Waals surface area (Å²) in [4.78, 5) is 19.2. The SMILES string of the molecule is O=C(NCC(c1ccc(F)cc1)N1CCOCC1)c1csc(-c2ccccc2F)n1. The maximum absolute atomic E-state index is 14.0. The van der Waals surface area contributed by atoms with Crippen molar-refractivity contribution in [1.29, 1.82) is 0 Å². The zero-order valence-corrected chi connectivity index (χ0v) is 17.0. The van der Waals surface area contributed by atoms with Crippen molar-refractivity contribution in [1.82, 2.24) is 15.2 Å². The highest BCUT2D eigenvalue weighted by molar-refractivity contribution is 7.13. The second kappa shape index (κ2) is 9.42. The van der Waals surface area contributed by atoms with Gasteiger partial charge in [0.2, 0.25) is 0 Å². The van der Waals surface area contributed by atoms with Crippen molar-refractivity contribution in [2.45, 2.75) is 6.04 Å². The van der Waals surface area contributed by atoms with Gasteiger partial charge in [0, 0.05) is 30.6 Å². The van der Waals surface area contributed by atoms with Crippen LogP contribution in [-0.2, 0) is 4.74 Å². The van der Waals surface area contributed by atoms with Crippen molar-refractivity contribution >= 4 is 17.2 Å². The normalized spacial score (nSPS) is 15.7. The minimum absolute atomic E-state index is 0.108. The molecule has 1 aromatic heterocycles. The lowest BCUT2D eigenvalue weighted by Crippen LogP contribution is -2.43. The fourth-order valence-corrected chi connectivity index (χ4v) is 4.27. The molecule has 1 aliphatic heterocycles. The molecule has 0 aliphatic carbocycles. The summed E-state index contributed by atoms with van der Waals surface area (Å²) < 4.78 is 32.8. The number of ether oxygens (including phenoxy) is 1. The summed E-state index contributed by atoms with van der Waals surface area (Å²) in [6, 6.07) is 12.6. The zero-order chi connectivity index (χ0) is 20.9. The predicted molar refractivity (Wildman–Crippen MR) is 111 cm³/mol. The summed E-state index contributed by atoms with van der Waals surface area (Å²) in [7, 11) is 0. The zero-order valence-electron chi connectivity index (χ0n) is 16.2. The van der Waals surface area contributed by atoms with E-state index in [0.717, 1.165) is 18.7 Å². The van der Waals surface area contributed by atoms with E-state index >= 15 is 0 Å². The Balaban J connectivity index is 1.47. The summed E-state index contributed by atoms with van der Waals surface area (Å²) in [6.07, 6.45) is 0. The van der Waals surface area contributed by atoms with Crippen LogP contribution in [0.2, 0.25) is 0 Å². The molecule has 30 heavy (non-hydrogen) atoms. The quantitative estimate of drug-likeness (QED) is 0.646. The summed E-state index contributed by atoms with van der Waals surface area (Å²) in [5, 5.41) is 5.01. The second-order valence-electron chi connectivity index (χ2n) is 6.94. The molecule has 0 spiro atoms. The molecule has 5 nitrogen and oxygen atoms in total. The maximum Gasteiger partial charge on any atom is 0.270 e. The van der Waals surface area contributed by atoms with E-state index in [1.165, 1.54) is 29.5 Å². The number of nitrogens with one attached hydrogen (secondary N) is 1. The molecule has 1 N–H and O–H groups in total. The van der Waals surface area contributed by atoms with Gasteiger partial charge in [-0.1, -0.05) is 24.3 Å². The molecule has 1 atom stereocenters. The van der Waals surface area contributed by atoms with Crippen LogP contribution in [0.25, 0.3) is 10.6 Å². The molecule has 4 rings (SSSR count). The lowest BCUT2D eigenvalue weighted by Gasteiger charge is -2.34. The van der Waals surface area contributed by atoms with Crippen molar-refractivity contribution in [3.05, 3.63) is 76.8 Å². The van der Waals surface area contributed by atoms with Gasteiger partial charge in [-0.3, -0.25) is 9.69 Å². The Morgan fingerprint density at radius 1 is 1.13 bits per heavy atom. The molecule has 2 aromatic carbocycles. The predicted octanol–water partition coefficient (Wildman–Crippen LogP) is 3.89. The molecule has 1 saturated heterocycles. The van der Waals surface area contributed by atoms with Gasteiger partial charge in [0.15, 0.2) is 0 Å². The van der Waals surface area contributed by atoms with Gasteiger partial charge in [0.05, 0.1) is 19.3 Å². The van der Waals surface area contributed by atoms with Crippen molar-refractivity contribution in [2.75, 3.05) is 32.8 Å². The van der Waals surface area contributed by atoms with Crippen LogP contribution in [0.5, 0.6) is 0 Å². The van der Waals surface area contributed by atoms with E-state index in [1.54, 1.807) is 35.7 Å². The van der Waals surface area contributed by atoms with E-state index in [2.05, 4.69) is 15.2 Å². The molecule has 0 bridgehead atoms. The van der Waals surface area contributed by atoms with Gasteiger partial charge in [-0.2, -0.15) is 0 Å². The average molecular weight is 429 g/mol. The lowest BCUT2D eigenvalue weighted by atomic mass is 10.0. The van der Waals surface area contributed by atoms with Crippen molar-refractivity contribution < 1.29 is 18.3 Å². The minimum Gasteiger partial charge on any atom is -0.379 e. The summed E-state index contributed by atoms with van der Waals surface area (Å²) in [6.45, 7) is 3.03. The topological polar surface area (TPSA) is 54.5 Å². The summed E-state index contributed by atoms with van der Waals surface area (Å²) in [5.41, 5.74) is 1.54. The molecule has 2 heterocycles. The van der Waals surface area contributed by atoms with Crippen LogP contribution in [0.1, 0.15) is 22.1 Å². The fraction of sp³-hybridized carbons (Fsp3) is 0.273. The number of morpholine rings is 1. The highest BCUT2D eigenvalue weighted by atomic mass is 32.1. The van der Waals surface area contributed by atoms with Crippen LogP contribution in [0.15, 0.2) is 53.9 Å². The molecule has 1 unspecified atom stereocenters. The number of carbonyl (C=O) groups is 1. The Morgan fingerprint density at radius 2 is 1.87 bits per heavy atom. The first-order chi connectivity index (χ1) is 14.6. The number of amides is 1. The number of hydrogen-bond donors (Lipinski definition) is 1.